The average Bonchev–Trinajstić information content (AvgIpc) is 2.67. The van der Waals surface area contributed by atoms with Crippen LogP contribution in [0.4, 0.5) is 0 Å². The van der Waals surface area contributed by atoms with E-state index in [0.717, 1.165) is 11.1 Å². The van der Waals surface area contributed by atoms with Gasteiger partial charge in [-0.05, 0) is 42.5 Å². The molecule has 0 atom stereocenters. The molecule has 26 heavy (non-hydrogen) atoms. The van der Waals surface area contributed by atoms with E-state index < -0.39 is 5.41 Å². The van der Waals surface area contributed by atoms with Gasteiger partial charge in [0.1, 0.15) is 0 Å². The number of benzene rings is 2. The van der Waals surface area contributed by atoms with E-state index in [1.807, 2.05) is 12.1 Å². The van der Waals surface area contributed by atoms with Crippen LogP contribution in [0.15, 0.2) is 48.5 Å². The number of nitrogens with two attached hydrogens (primary N) is 1. The minimum Gasteiger partial charge on any atom is -0.381 e. The second-order valence-corrected chi connectivity index (χ2v) is 6.85. The third-order valence-corrected chi connectivity index (χ3v) is 5.09. The second kappa shape index (κ2) is 9.17. The SMILES string of the molecule is Cc1ccc(-c2cccc(CNC(=O)C3(CN)CCOCC3)c2)cc1.Cl. The van der Waals surface area contributed by atoms with Crippen molar-refractivity contribution >= 4 is 18.3 Å². The number of rotatable bonds is 5. The summed E-state index contributed by atoms with van der Waals surface area (Å²) in [5.74, 6) is 0.0408. The smallest absolute Gasteiger partial charge is 0.227 e. The molecule has 140 valence electrons. The van der Waals surface area contributed by atoms with Gasteiger partial charge < -0.3 is 15.8 Å². The number of nitrogens with one attached hydrogen (secondary N) is 1. The molecule has 0 spiro atoms. The largest absolute Gasteiger partial charge is 0.381 e. The van der Waals surface area contributed by atoms with Gasteiger partial charge in [-0.3, -0.25) is 4.79 Å². The van der Waals surface area contributed by atoms with Crippen molar-refractivity contribution in [3.63, 3.8) is 0 Å². The van der Waals surface area contributed by atoms with E-state index in [0.29, 0.717) is 39.1 Å². The van der Waals surface area contributed by atoms with Crippen LogP contribution in [0.3, 0.4) is 0 Å². The molecule has 0 aromatic heterocycles. The number of amides is 1. The number of hydrogen-bond donors (Lipinski definition) is 2. The van der Waals surface area contributed by atoms with Crippen LogP contribution in [0.25, 0.3) is 11.1 Å². The quantitative estimate of drug-likeness (QED) is 0.842. The molecule has 0 radical (unpaired) electrons. The van der Waals surface area contributed by atoms with Crippen molar-refractivity contribution in [1.82, 2.24) is 5.32 Å². The summed E-state index contributed by atoms with van der Waals surface area (Å²) in [7, 11) is 0. The summed E-state index contributed by atoms with van der Waals surface area (Å²) in [6.07, 6.45) is 1.39. The van der Waals surface area contributed by atoms with E-state index in [9.17, 15) is 4.79 Å². The van der Waals surface area contributed by atoms with Gasteiger partial charge in [-0.1, -0.05) is 48.0 Å². The number of hydrogen-bond acceptors (Lipinski definition) is 3. The molecule has 3 N–H and O–H groups in total. The van der Waals surface area contributed by atoms with Gasteiger partial charge in [-0.2, -0.15) is 0 Å². The number of carbonyl (C=O) groups excluding carboxylic acids is 1. The highest BCUT2D eigenvalue weighted by molar-refractivity contribution is 5.85. The first-order valence-electron chi connectivity index (χ1n) is 8.85. The van der Waals surface area contributed by atoms with Crippen molar-refractivity contribution in [2.75, 3.05) is 19.8 Å². The summed E-state index contributed by atoms with van der Waals surface area (Å²) >= 11 is 0. The first-order valence-corrected chi connectivity index (χ1v) is 8.85. The normalized spacial score (nSPS) is 15.8. The van der Waals surface area contributed by atoms with Crippen molar-refractivity contribution < 1.29 is 9.53 Å². The van der Waals surface area contributed by atoms with Gasteiger partial charge in [0, 0.05) is 26.3 Å². The van der Waals surface area contributed by atoms with Gasteiger partial charge >= 0.3 is 0 Å². The van der Waals surface area contributed by atoms with E-state index in [1.54, 1.807) is 0 Å². The van der Waals surface area contributed by atoms with Gasteiger partial charge in [0.2, 0.25) is 5.91 Å². The molecule has 1 amide bonds. The number of carbonyl (C=O) groups is 1. The van der Waals surface area contributed by atoms with Crippen molar-refractivity contribution in [2.45, 2.75) is 26.3 Å². The first-order chi connectivity index (χ1) is 12.1. The summed E-state index contributed by atoms with van der Waals surface area (Å²) in [5.41, 5.74) is 10.1. The second-order valence-electron chi connectivity index (χ2n) is 6.85. The molecule has 0 aliphatic carbocycles. The van der Waals surface area contributed by atoms with Crippen LogP contribution in [-0.2, 0) is 16.1 Å². The molecule has 2 aromatic carbocycles. The average molecular weight is 375 g/mol. The van der Waals surface area contributed by atoms with Crippen LogP contribution in [-0.4, -0.2) is 25.7 Å². The van der Waals surface area contributed by atoms with E-state index in [4.69, 9.17) is 10.5 Å². The zero-order chi connectivity index (χ0) is 17.7. The van der Waals surface area contributed by atoms with Gasteiger partial charge in [-0.15, -0.1) is 12.4 Å². The molecule has 1 saturated heterocycles. The van der Waals surface area contributed by atoms with Gasteiger partial charge in [-0.25, -0.2) is 0 Å². The third-order valence-electron chi connectivity index (χ3n) is 5.09. The zero-order valence-corrected chi connectivity index (χ0v) is 16.0. The first kappa shape index (κ1) is 20.4. The van der Waals surface area contributed by atoms with Crippen molar-refractivity contribution in [2.24, 2.45) is 11.1 Å². The molecular formula is C21H27ClN2O2. The Morgan fingerprint density at radius 2 is 1.81 bits per heavy atom. The highest BCUT2D eigenvalue weighted by atomic mass is 35.5. The Hall–Kier alpha value is -1.88. The zero-order valence-electron chi connectivity index (χ0n) is 15.2. The van der Waals surface area contributed by atoms with Gasteiger partial charge in [0.15, 0.2) is 0 Å². The molecule has 1 fully saturated rings. The molecule has 3 rings (SSSR count). The van der Waals surface area contributed by atoms with Crippen LogP contribution in [0.2, 0.25) is 0 Å². The Bertz CT molecular complexity index is 725. The summed E-state index contributed by atoms with van der Waals surface area (Å²) in [5, 5.41) is 3.07. The topological polar surface area (TPSA) is 64.4 Å². The fourth-order valence-corrected chi connectivity index (χ4v) is 3.26. The maximum Gasteiger partial charge on any atom is 0.227 e. The van der Waals surface area contributed by atoms with Crippen molar-refractivity contribution in [1.29, 1.82) is 0 Å². The predicted molar refractivity (Wildman–Crippen MR) is 107 cm³/mol. The Morgan fingerprint density at radius 3 is 2.46 bits per heavy atom. The van der Waals surface area contributed by atoms with Crippen LogP contribution in [0.1, 0.15) is 24.0 Å². The molecule has 1 heterocycles. The summed E-state index contributed by atoms with van der Waals surface area (Å²) < 4.78 is 5.38. The van der Waals surface area contributed by atoms with E-state index in [2.05, 4.69) is 48.6 Å². The van der Waals surface area contributed by atoms with Gasteiger partial charge in [0.05, 0.1) is 5.41 Å². The lowest BCUT2D eigenvalue weighted by Crippen LogP contribution is -2.48. The maximum atomic E-state index is 12.7. The standard InChI is InChI=1S/C21H26N2O2.ClH/c1-16-5-7-18(8-6-16)19-4-2-3-17(13-19)14-23-20(24)21(15-22)9-11-25-12-10-21;/h2-8,13H,9-12,14-15,22H2,1H3,(H,23,24);1H. The lowest BCUT2D eigenvalue weighted by molar-refractivity contribution is -0.136. The molecule has 4 nitrogen and oxygen atoms in total. The summed E-state index contributed by atoms with van der Waals surface area (Å²) in [6.45, 7) is 4.17. The van der Waals surface area contributed by atoms with Crippen LogP contribution in [0.5, 0.6) is 0 Å². The molecule has 0 unspecified atom stereocenters. The number of ether oxygens (including phenoxy) is 1. The fraction of sp³-hybridized carbons (Fsp3) is 0.381. The lowest BCUT2D eigenvalue weighted by Gasteiger charge is -2.34. The maximum absolute atomic E-state index is 12.7. The summed E-state index contributed by atoms with van der Waals surface area (Å²) in [6, 6.07) is 16.8. The highest BCUT2D eigenvalue weighted by Crippen LogP contribution is 2.29. The molecule has 5 heteroatoms. The Balaban J connectivity index is 0.00000243. The Morgan fingerprint density at radius 1 is 1.12 bits per heavy atom. The van der Waals surface area contributed by atoms with E-state index in [1.165, 1.54) is 11.1 Å². The minimum absolute atomic E-state index is 0. The van der Waals surface area contributed by atoms with Crippen LogP contribution in [0, 0.1) is 12.3 Å². The van der Waals surface area contributed by atoms with Crippen molar-refractivity contribution in [3.05, 3.63) is 59.7 Å². The Labute approximate surface area is 161 Å². The number of aryl methyl sites for hydroxylation is 1. The summed E-state index contributed by atoms with van der Waals surface area (Å²) in [4.78, 5) is 12.7. The van der Waals surface area contributed by atoms with Crippen LogP contribution >= 0.6 is 12.4 Å². The molecule has 2 aromatic rings. The predicted octanol–water partition coefficient (Wildman–Crippen LogP) is 3.46. The minimum atomic E-state index is -0.479. The van der Waals surface area contributed by atoms with E-state index in [-0.39, 0.29) is 18.3 Å². The molecule has 0 saturated carbocycles. The Kier molecular flexibility index (Phi) is 7.21. The van der Waals surface area contributed by atoms with Crippen molar-refractivity contribution in [3.8, 4) is 11.1 Å². The van der Waals surface area contributed by atoms with Crippen LogP contribution < -0.4 is 11.1 Å². The van der Waals surface area contributed by atoms with Gasteiger partial charge in [0.25, 0.3) is 0 Å². The monoisotopic (exact) mass is 374 g/mol. The molecule has 1 aliphatic rings. The third kappa shape index (κ3) is 4.64. The molecule has 0 bridgehead atoms. The molecular weight excluding hydrogens is 348 g/mol. The molecule has 1 aliphatic heterocycles. The lowest BCUT2D eigenvalue weighted by atomic mass is 9.79. The highest BCUT2D eigenvalue weighted by Gasteiger charge is 2.38. The number of halogens is 1. The van der Waals surface area contributed by atoms with E-state index >= 15 is 0 Å². The fourth-order valence-electron chi connectivity index (χ4n) is 3.26.